The molecule has 0 aliphatic carbocycles. The van der Waals surface area contributed by atoms with Crippen molar-refractivity contribution in [3.05, 3.63) is 0 Å². The molecule has 0 rings (SSSR count). The van der Waals surface area contributed by atoms with Crippen LogP contribution in [0.5, 0.6) is 0 Å². The van der Waals surface area contributed by atoms with E-state index in [1.54, 1.807) is 0 Å². The Balaban J connectivity index is 0. The van der Waals surface area contributed by atoms with E-state index in [2.05, 4.69) is 0 Å². The topological polar surface area (TPSA) is 71.4 Å². The van der Waals surface area contributed by atoms with Crippen LogP contribution in [0.15, 0.2) is 0 Å². The Morgan fingerprint density at radius 3 is 1.17 bits per heavy atom. The smallest absolute Gasteiger partial charge is 0 e. The predicted octanol–water partition coefficient (Wildman–Crippen LogP) is -0.918. The molecule has 0 aliphatic rings. The number of rotatable bonds is 0. The molecule has 0 aromatic carbocycles. The summed E-state index contributed by atoms with van der Waals surface area (Å²) in [6.45, 7) is 0. The van der Waals surface area contributed by atoms with Crippen molar-refractivity contribution in [2.75, 3.05) is 0 Å². The summed E-state index contributed by atoms with van der Waals surface area (Å²) in [7, 11) is 0. The van der Waals surface area contributed by atoms with Crippen LogP contribution in [0.1, 0.15) is 0 Å². The van der Waals surface area contributed by atoms with E-state index in [4.69, 9.17) is 15.7 Å². The van der Waals surface area contributed by atoms with Gasteiger partial charge in [0.1, 0.15) is 0 Å². The normalized spacial score (nSPS) is 9.50. The summed E-state index contributed by atoms with van der Waals surface area (Å²) in [5, 5.41) is 0. The molecular weight excluding hydrogens is 314 g/mol. The molecule has 0 spiro atoms. The molecule has 0 atom stereocenters. The summed E-state index contributed by atoms with van der Waals surface area (Å²) in [6.07, 6.45) is 0. The van der Waals surface area contributed by atoms with Gasteiger partial charge in [-0.3, -0.25) is 0 Å². The fourth-order valence-corrected chi connectivity index (χ4v) is 0. The van der Waals surface area contributed by atoms with Crippen LogP contribution in [0.3, 0.4) is 0 Å². The molecule has 0 fully saturated rings. The maximum atomic E-state index is 8.69. The molecule has 0 amide bonds. The standard InChI is InChI=1S/Mn.H2O.3O.Pt/h;1H2;;;;/q+1;;;;;/p-1. The summed E-state index contributed by atoms with van der Waals surface area (Å²) in [4.78, 5) is 0. The van der Waals surface area contributed by atoms with Crippen molar-refractivity contribution in [2.24, 2.45) is 0 Å². The molecule has 6 heavy (non-hydrogen) atoms. The first-order valence-electron chi connectivity index (χ1n) is 0.632. The number of hydrogen-bond donors (Lipinski definition) is 1. The minimum atomic E-state index is -5.38. The Labute approximate surface area is 50.0 Å². The molecule has 0 bridgehead atoms. The zero-order chi connectivity index (χ0) is 4.50. The van der Waals surface area contributed by atoms with E-state index in [-0.39, 0.29) is 21.1 Å². The Bertz CT molecular complexity index is 129. The van der Waals surface area contributed by atoms with E-state index in [1.165, 1.54) is 0 Å². The molecule has 4 nitrogen and oxygen atoms in total. The van der Waals surface area contributed by atoms with Gasteiger partial charge in [-0.25, -0.2) is 0 Å². The summed E-state index contributed by atoms with van der Waals surface area (Å²) >= 11 is -5.38. The molecule has 0 aromatic heterocycles. The third kappa shape index (κ3) is 180. The first-order chi connectivity index (χ1) is 2.00. The second-order valence-corrected chi connectivity index (χ2v) is 1.63. The van der Waals surface area contributed by atoms with Gasteiger partial charge in [0, 0.05) is 21.1 Å². The third-order valence-electron chi connectivity index (χ3n) is 0. The third-order valence-corrected chi connectivity index (χ3v) is 0. The van der Waals surface area contributed by atoms with Gasteiger partial charge in [-0.05, 0) is 0 Å². The van der Waals surface area contributed by atoms with E-state index in [0.29, 0.717) is 0 Å². The zero-order valence-corrected chi connectivity index (χ0v) is 5.82. The van der Waals surface area contributed by atoms with Crippen molar-refractivity contribution in [1.29, 1.82) is 0 Å². The van der Waals surface area contributed by atoms with Crippen molar-refractivity contribution in [3.63, 3.8) is 0 Å². The summed E-state index contributed by atoms with van der Waals surface area (Å²) in [5.74, 6) is 0. The van der Waals surface area contributed by atoms with Crippen LogP contribution in [0, 0.1) is 0 Å². The Kier molecular flexibility index (Phi) is 4.38. The van der Waals surface area contributed by atoms with Crippen LogP contribution in [-0.2, 0) is 45.5 Å². The molecule has 6 heteroatoms. The van der Waals surface area contributed by atoms with Crippen molar-refractivity contribution >= 4 is 0 Å². The van der Waals surface area contributed by atoms with Crippen LogP contribution >= 0.6 is 0 Å². The largest absolute Gasteiger partial charge is 0 e. The molecular formula is HMnO4Pt. The summed E-state index contributed by atoms with van der Waals surface area (Å²) in [6, 6.07) is 0. The van der Waals surface area contributed by atoms with E-state index < -0.39 is 13.0 Å². The second-order valence-electron chi connectivity index (χ2n) is 0.396. The average Bonchev–Trinajstić information content (AvgIpc) is 0.722. The van der Waals surface area contributed by atoms with Crippen LogP contribution in [0.2, 0.25) is 0 Å². The Morgan fingerprint density at radius 1 is 1.17 bits per heavy atom. The minimum Gasteiger partial charge on any atom is 0 e. The molecule has 0 aliphatic heterocycles. The maximum absolute atomic E-state index is 8.69. The van der Waals surface area contributed by atoms with E-state index in [1.807, 2.05) is 0 Å². The van der Waals surface area contributed by atoms with Crippen molar-refractivity contribution < 1.29 is 49.7 Å². The Morgan fingerprint density at radius 2 is 1.17 bits per heavy atom. The summed E-state index contributed by atoms with van der Waals surface area (Å²) in [5.41, 5.74) is 0. The van der Waals surface area contributed by atoms with E-state index in [0.717, 1.165) is 0 Å². The van der Waals surface area contributed by atoms with Gasteiger partial charge in [-0.15, -0.1) is 0 Å². The molecule has 0 saturated heterocycles. The first-order valence-corrected chi connectivity index (χ1v) is 2.61. The fraction of sp³-hybridized carbons (Fsp3) is 0. The molecule has 0 unspecified atom stereocenters. The van der Waals surface area contributed by atoms with Gasteiger partial charge in [0.05, 0.1) is 0 Å². The van der Waals surface area contributed by atoms with Gasteiger partial charge in [-0.2, -0.15) is 0 Å². The SMILES string of the molecule is [O]=[Mn](=[O])(=[O])[OH].[Pt]. The van der Waals surface area contributed by atoms with Gasteiger partial charge in [0.15, 0.2) is 0 Å². The van der Waals surface area contributed by atoms with Gasteiger partial charge >= 0.3 is 28.7 Å². The molecule has 0 heterocycles. The van der Waals surface area contributed by atoms with Gasteiger partial charge < -0.3 is 0 Å². The molecule has 0 radical (unpaired) electrons. The van der Waals surface area contributed by atoms with Gasteiger partial charge in [0.2, 0.25) is 0 Å². The predicted molar refractivity (Wildman–Crippen MR) is 4.28 cm³/mol. The van der Waals surface area contributed by atoms with E-state index in [9.17, 15) is 0 Å². The van der Waals surface area contributed by atoms with Crippen molar-refractivity contribution in [1.82, 2.24) is 0 Å². The second kappa shape index (κ2) is 2.69. The van der Waals surface area contributed by atoms with Gasteiger partial charge in [0.25, 0.3) is 0 Å². The number of hydrogen-bond acceptors (Lipinski definition) is 3. The molecule has 1 N–H and O–H groups in total. The van der Waals surface area contributed by atoms with Crippen LogP contribution in [0.4, 0.5) is 0 Å². The van der Waals surface area contributed by atoms with Crippen LogP contribution in [-0.4, -0.2) is 4.19 Å². The average molecular weight is 315 g/mol. The van der Waals surface area contributed by atoms with Crippen molar-refractivity contribution in [3.8, 4) is 0 Å². The minimum absolute atomic E-state index is 0. The van der Waals surface area contributed by atoms with Gasteiger partial charge in [-0.1, -0.05) is 0 Å². The monoisotopic (exact) mass is 315 g/mol. The fourth-order valence-electron chi connectivity index (χ4n) is 0. The molecule has 0 aromatic rings. The van der Waals surface area contributed by atoms with Crippen LogP contribution in [0.25, 0.3) is 0 Å². The molecule has 0 saturated carbocycles. The first kappa shape index (κ1) is 9.76. The molecule has 42 valence electrons. The Hall–Kier alpha value is 0.568. The zero-order valence-electron chi connectivity index (χ0n) is 2.37. The maximum Gasteiger partial charge on any atom is 0 e. The van der Waals surface area contributed by atoms with Crippen LogP contribution < -0.4 is 0 Å². The quantitative estimate of drug-likeness (QED) is 0.587. The van der Waals surface area contributed by atoms with E-state index >= 15 is 0 Å². The summed E-state index contributed by atoms with van der Waals surface area (Å²) < 4.78 is 33.1. The van der Waals surface area contributed by atoms with Crippen molar-refractivity contribution in [2.45, 2.75) is 0 Å².